The Morgan fingerprint density at radius 3 is 3.00 bits per heavy atom. The molecular formula is C10H12N6OS. The second-order valence-electron chi connectivity index (χ2n) is 3.35. The van der Waals surface area contributed by atoms with Crippen molar-refractivity contribution in [2.75, 3.05) is 17.6 Å². The van der Waals surface area contributed by atoms with Gasteiger partial charge in [0.15, 0.2) is 5.16 Å². The fourth-order valence-electron chi connectivity index (χ4n) is 1.27. The monoisotopic (exact) mass is 264 g/mol. The first-order valence-corrected chi connectivity index (χ1v) is 6.09. The lowest BCUT2D eigenvalue weighted by Crippen LogP contribution is -2.09. The topological polar surface area (TPSA) is 110 Å². The second-order valence-corrected chi connectivity index (χ2v) is 4.36. The molecule has 18 heavy (non-hydrogen) atoms. The second kappa shape index (κ2) is 5.50. The molecule has 94 valence electrons. The number of anilines is 2. The molecule has 0 saturated heterocycles. The van der Waals surface area contributed by atoms with Crippen LogP contribution in [0, 0.1) is 0 Å². The minimum Gasteiger partial charge on any atom is -0.383 e. The molecule has 2 aromatic rings. The van der Waals surface area contributed by atoms with Crippen LogP contribution < -0.4 is 16.6 Å². The summed E-state index contributed by atoms with van der Waals surface area (Å²) in [4.78, 5) is 26.0. The van der Waals surface area contributed by atoms with Gasteiger partial charge in [0.05, 0.1) is 0 Å². The Balaban J connectivity index is 2.22. The summed E-state index contributed by atoms with van der Waals surface area (Å²) in [7, 11) is 0. The van der Waals surface area contributed by atoms with E-state index in [0.717, 1.165) is 12.4 Å². The molecule has 2 rings (SSSR count). The summed E-state index contributed by atoms with van der Waals surface area (Å²) in [6.07, 6.45) is 1.45. The van der Waals surface area contributed by atoms with E-state index < -0.39 is 0 Å². The highest BCUT2D eigenvalue weighted by atomic mass is 32.2. The van der Waals surface area contributed by atoms with Crippen LogP contribution in [0.15, 0.2) is 33.4 Å². The molecule has 0 amide bonds. The molecule has 0 aliphatic rings. The molecular weight excluding hydrogens is 252 g/mol. The molecule has 0 aliphatic carbocycles. The molecule has 0 radical (unpaired) electrons. The average molecular weight is 264 g/mol. The van der Waals surface area contributed by atoms with Gasteiger partial charge in [0.25, 0.3) is 5.56 Å². The number of H-pyrrole nitrogens is 1. The number of nitrogens with two attached hydrogens (primary N) is 1. The number of hydrogen-bond acceptors (Lipinski definition) is 7. The molecule has 2 heterocycles. The summed E-state index contributed by atoms with van der Waals surface area (Å²) < 4.78 is 0. The molecule has 0 aromatic carbocycles. The third-order valence-electron chi connectivity index (χ3n) is 1.94. The van der Waals surface area contributed by atoms with Crippen molar-refractivity contribution >= 4 is 23.4 Å². The number of hydrogen-bond donors (Lipinski definition) is 3. The maximum absolute atomic E-state index is 11.2. The van der Waals surface area contributed by atoms with E-state index in [-0.39, 0.29) is 11.4 Å². The predicted octanol–water partition coefficient (Wildman–Crippen LogP) is 0.725. The smallest absolute Gasteiger partial charge is 0.253 e. The Hall–Kier alpha value is -2.09. The molecule has 0 bridgehead atoms. The Kier molecular flexibility index (Phi) is 3.78. The Morgan fingerprint density at radius 1 is 1.44 bits per heavy atom. The molecule has 4 N–H and O–H groups in total. The SMILES string of the molecule is CCNc1cc(Sc2nc(N)cc(=O)[nH]2)ncn1. The van der Waals surface area contributed by atoms with Crippen molar-refractivity contribution in [1.82, 2.24) is 19.9 Å². The highest BCUT2D eigenvalue weighted by Crippen LogP contribution is 2.23. The minimum absolute atomic E-state index is 0.183. The Morgan fingerprint density at radius 2 is 2.28 bits per heavy atom. The zero-order valence-electron chi connectivity index (χ0n) is 9.67. The highest BCUT2D eigenvalue weighted by Gasteiger charge is 2.04. The number of nitrogens with zero attached hydrogens (tertiary/aromatic N) is 3. The molecule has 0 aliphatic heterocycles. The van der Waals surface area contributed by atoms with E-state index in [9.17, 15) is 4.79 Å². The summed E-state index contributed by atoms with van der Waals surface area (Å²) in [6.45, 7) is 2.75. The van der Waals surface area contributed by atoms with Crippen molar-refractivity contribution < 1.29 is 0 Å². The lowest BCUT2D eigenvalue weighted by atomic mass is 10.5. The summed E-state index contributed by atoms with van der Waals surface area (Å²) in [5.41, 5.74) is 5.21. The maximum Gasteiger partial charge on any atom is 0.253 e. The minimum atomic E-state index is -0.286. The van der Waals surface area contributed by atoms with Crippen molar-refractivity contribution in [3.8, 4) is 0 Å². The normalized spacial score (nSPS) is 10.3. The largest absolute Gasteiger partial charge is 0.383 e. The van der Waals surface area contributed by atoms with Crippen molar-refractivity contribution in [1.29, 1.82) is 0 Å². The van der Waals surface area contributed by atoms with E-state index in [2.05, 4.69) is 25.3 Å². The average Bonchev–Trinajstić information content (AvgIpc) is 2.28. The van der Waals surface area contributed by atoms with E-state index in [1.807, 2.05) is 6.92 Å². The van der Waals surface area contributed by atoms with Crippen LogP contribution in [-0.2, 0) is 0 Å². The van der Waals surface area contributed by atoms with Gasteiger partial charge >= 0.3 is 0 Å². The van der Waals surface area contributed by atoms with Gasteiger partial charge in [-0.2, -0.15) is 0 Å². The molecule has 0 unspecified atom stereocenters. The fraction of sp³-hybridized carbons (Fsp3) is 0.200. The van der Waals surface area contributed by atoms with Gasteiger partial charge in [-0.15, -0.1) is 0 Å². The van der Waals surface area contributed by atoms with Crippen molar-refractivity contribution in [2.24, 2.45) is 0 Å². The number of aromatic amines is 1. The number of nitrogen functional groups attached to an aromatic ring is 1. The lowest BCUT2D eigenvalue weighted by molar-refractivity contribution is 0.936. The Bertz CT molecular complexity index is 599. The predicted molar refractivity (Wildman–Crippen MR) is 69.6 cm³/mol. The zero-order chi connectivity index (χ0) is 13.0. The van der Waals surface area contributed by atoms with E-state index in [0.29, 0.717) is 10.2 Å². The van der Waals surface area contributed by atoms with Gasteiger partial charge in [-0.25, -0.2) is 15.0 Å². The quantitative estimate of drug-likeness (QED) is 0.551. The maximum atomic E-state index is 11.2. The van der Waals surface area contributed by atoms with Crippen molar-refractivity contribution in [3.05, 3.63) is 28.8 Å². The first kappa shape index (κ1) is 12.4. The number of aromatic nitrogens is 4. The molecule has 2 aromatic heterocycles. The van der Waals surface area contributed by atoms with Crippen LogP contribution in [-0.4, -0.2) is 26.5 Å². The van der Waals surface area contributed by atoms with Crippen LogP contribution in [0.3, 0.4) is 0 Å². The first-order chi connectivity index (χ1) is 8.67. The first-order valence-electron chi connectivity index (χ1n) is 5.28. The number of rotatable bonds is 4. The molecule has 0 saturated carbocycles. The van der Waals surface area contributed by atoms with Crippen LogP contribution in [0.5, 0.6) is 0 Å². The van der Waals surface area contributed by atoms with Gasteiger partial charge in [-0.3, -0.25) is 4.79 Å². The van der Waals surface area contributed by atoms with Crippen LogP contribution in [0.2, 0.25) is 0 Å². The van der Waals surface area contributed by atoms with Crippen LogP contribution in [0.25, 0.3) is 0 Å². The standard InChI is InChI=1S/C10H12N6OS/c1-2-12-7-4-9(14-5-13-7)18-10-15-6(11)3-8(17)16-10/h3-5H,2H2,1H3,(H,12,13,14)(H3,11,15,16,17). The molecule has 0 fully saturated rings. The van der Waals surface area contributed by atoms with Gasteiger partial charge in [0, 0.05) is 18.7 Å². The van der Waals surface area contributed by atoms with Crippen LogP contribution >= 0.6 is 11.8 Å². The third kappa shape index (κ3) is 3.20. The van der Waals surface area contributed by atoms with Gasteiger partial charge in [0.1, 0.15) is 23.0 Å². The fourth-order valence-corrected chi connectivity index (χ4v) is 2.04. The number of nitrogens with one attached hydrogen (secondary N) is 2. The lowest BCUT2D eigenvalue weighted by Gasteiger charge is -2.04. The van der Waals surface area contributed by atoms with Crippen LogP contribution in [0.4, 0.5) is 11.6 Å². The summed E-state index contributed by atoms with van der Waals surface area (Å²) in [5.74, 6) is 0.906. The van der Waals surface area contributed by atoms with Crippen molar-refractivity contribution in [2.45, 2.75) is 17.1 Å². The molecule has 0 atom stereocenters. The van der Waals surface area contributed by atoms with E-state index in [4.69, 9.17) is 5.73 Å². The summed E-state index contributed by atoms with van der Waals surface area (Å²) >= 11 is 1.22. The zero-order valence-corrected chi connectivity index (χ0v) is 10.5. The van der Waals surface area contributed by atoms with E-state index in [1.54, 1.807) is 6.07 Å². The Labute approximate surface area is 107 Å². The van der Waals surface area contributed by atoms with Crippen LogP contribution in [0.1, 0.15) is 6.92 Å². The third-order valence-corrected chi connectivity index (χ3v) is 2.76. The van der Waals surface area contributed by atoms with E-state index in [1.165, 1.54) is 24.2 Å². The summed E-state index contributed by atoms with van der Waals surface area (Å²) in [6, 6.07) is 3.01. The van der Waals surface area contributed by atoms with Gasteiger partial charge < -0.3 is 16.0 Å². The molecule has 7 nitrogen and oxygen atoms in total. The molecule has 0 spiro atoms. The highest BCUT2D eigenvalue weighted by molar-refractivity contribution is 7.99. The van der Waals surface area contributed by atoms with Gasteiger partial charge in [0.2, 0.25) is 0 Å². The molecule has 8 heteroatoms. The van der Waals surface area contributed by atoms with Crippen molar-refractivity contribution in [3.63, 3.8) is 0 Å². The van der Waals surface area contributed by atoms with Gasteiger partial charge in [-0.1, -0.05) is 0 Å². The summed E-state index contributed by atoms with van der Waals surface area (Å²) in [5, 5.41) is 4.15. The van der Waals surface area contributed by atoms with E-state index >= 15 is 0 Å². The van der Waals surface area contributed by atoms with Gasteiger partial charge in [-0.05, 0) is 18.7 Å².